The highest BCUT2D eigenvalue weighted by atomic mass is 35.5. The highest BCUT2D eigenvalue weighted by Gasteiger charge is 2.31. The van der Waals surface area contributed by atoms with Crippen molar-refractivity contribution in [2.45, 2.75) is 20.0 Å². The SMILES string of the molecule is CCOc1cc(C=Nn2c(-c3cccc(C(F)(F)F)c3)nc3ccccc3c2=O)cc(Cl)c1OCC(=O)Nc1ccccc1C. The summed E-state index contributed by atoms with van der Waals surface area (Å²) in [5.74, 6) is -0.141. The normalized spacial score (nSPS) is 11.6. The number of rotatable bonds is 9. The van der Waals surface area contributed by atoms with Gasteiger partial charge in [-0.3, -0.25) is 9.59 Å². The summed E-state index contributed by atoms with van der Waals surface area (Å²) >= 11 is 6.53. The summed E-state index contributed by atoms with van der Waals surface area (Å²) < 4.78 is 52.9. The molecule has 0 spiro atoms. The molecule has 0 saturated carbocycles. The van der Waals surface area contributed by atoms with Crippen molar-refractivity contribution in [2.24, 2.45) is 5.10 Å². The molecule has 230 valence electrons. The minimum atomic E-state index is -4.60. The van der Waals surface area contributed by atoms with Crippen molar-refractivity contribution in [2.75, 3.05) is 18.5 Å². The molecular formula is C33H26ClF3N4O4. The Balaban J connectivity index is 1.49. The lowest BCUT2D eigenvalue weighted by Crippen LogP contribution is -2.21. The van der Waals surface area contributed by atoms with Gasteiger partial charge in [0.15, 0.2) is 23.9 Å². The van der Waals surface area contributed by atoms with Crippen LogP contribution >= 0.6 is 11.6 Å². The summed E-state index contributed by atoms with van der Waals surface area (Å²) in [6.45, 7) is 3.52. The number of halogens is 4. The Bertz CT molecular complexity index is 1970. The van der Waals surface area contributed by atoms with Crippen LogP contribution in [0.25, 0.3) is 22.3 Å². The summed E-state index contributed by atoms with van der Waals surface area (Å²) in [7, 11) is 0. The van der Waals surface area contributed by atoms with Crippen LogP contribution in [-0.4, -0.2) is 35.0 Å². The van der Waals surface area contributed by atoms with Gasteiger partial charge >= 0.3 is 6.18 Å². The first-order chi connectivity index (χ1) is 21.5. The van der Waals surface area contributed by atoms with Gasteiger partial charge in [0, 0.05) is 11.3 Å². The maximum atomic E-state index is 13.5. The lowest BCUT2D eigenvalue weighted by Gasteiger charge is -2.15. The molecule has 1 heterocycles. The van der Waals surface area contributed by atoms with Gasteiger partial charge in [-0.2, -0.15) is 22.9 Å². The van der Waals surface area contributed by atoms with Crippen LogP contribution < -0.4 is 20.3 Å². The summed E-state index contributed by atoms with van der Waals surface area (Å²) in [5, 5.41) is 7.42. The molecule has 1 aromatic heterocycles. The topological polar surface area (TPSA) is 94.8 Å². The zero-order valence-corrected chi connectivity index (χ0v) is 24.8. The molecule has 5 aromatic rings. The zero-order chi connectivity index (χ0) is 32.1. The maximum absolute atomic E-state index is 13.5. The van der Waals surface area contributed by atoms with Crippen LogP contribution in [0.5, 0.6) is 11.5 Å². The predicted molar refractivity (Wildman–Crippen MR) is 167 cm³/mol. The van der Waals surface area contributed by atoms with E-state index in [0.717, 1.165) is 22.4 Å². The van der Waals surface area contributed by atoms with E-state index in [9.17, 15) is 22.8 Å². The molecule has 0 bridgehead atoms. The van der Waals surface area contributed by atoms with Gasteiger partial charge in [-0.05, 0) is 67.4 Å². The van der Waals surface area contributed by atoms with Gasteiger partial charge in [0.05, 0.1) is 34.3 Å². The van der Waals surface area contributed by atoms with E-state index in [1.165, 1.54) is 24.4 Å². The molecule has 12 heteroatoms. The van der Waals surface area contributed by atoms with Crippen LogP contribution in [0, 0.1) is 6.92 Å². The molecule has 4 aromatic carbocycles. The number of aromatic nitrogens is 2. The quantitative estimate of drug-likeness (QED) is 0.171. The van der Waals surface area contributed by atoms with Crippen molar-refractivity contribution in [3.05, 3.63) is 117 Å². The Morgan fingerprint density at radius 2 is 1.78 bits per heavy atom. The Hall–Kier alpha value is -5.16. The molecule has 0 aliphatic heterocycles. The molecule has 1 amide bonds. The Morgan fingerprint density at radius 3 is 2.53 bits per heavy atom. The molecule has 0 atom stereocenters. The zero-order valence-electron chi connectivity index (χ0n) is 24.1. The number of hydrogen-bond donors (Lipinski definition) is 1. The second-order valence-electron chi connectivity index (χ2n) is 9.81. The summed E-state index contributed by atoms with van der Waals surface area (Å²) in [4.78, 5) is 30.5. The van der Waals surface area contributed by atoms with Crippen molar-refractivity contribution in [1.82, 2.24) is 9.66 Å². The average molecular weight is 635 g/mol. The van der Waals surface area contributed by atoms with E-state index in [2.05, 4.69) is 15.4 Å². The molecule has 1 N–H and O–H groups in total. The number of nitrogens with one attached hydrogen (secondary N) is 1. The average Bonchev–Trinajstić information content (AvgIpc) is 3.01. The number of nitrogens with zero attached hydrogens (tertiary/aromatic N) is 3. The molecule has 0 unspecified atom stereocenters. The second-order valence-corrected chi connectivity index (χ2v) is 10.2. The largest absolute Gasteiger partial charge is 0.490 e. The van der Waals surface area contributed by atoms with E-state index < -0.39 is 23.2 Å². The standard InChI is InChI=1S/C33H26ClF3N4O4/c1-3-44-28-16-21(15-25(34)30(28)45-19-29(42)39-26-13-6-4-9-20(26)2)18-38-41-31(22-10-8-11-23(17-22)33(35,36)37)40-27-14-7-5-12-24(27)32(41)43/h4-18H,3,19H2,1-2H3,(H,39,42). The monoisotopic (exact) mass is 634 g/mol. The van der Waals surface area contributed by atoms with Gasteiger partial charge in [0.25, 0.3) is 11.5 Å². The van der Waals surface area contributed by atoms with Gasteiger partial charge in [0.1, 0.15) is 0 Å². The van der Waals surface area contributed by atoms with Crippen LogP contribution in [-0.2, 0) is 11.0 Å². The summed E-state index contributed by atoms with van der Waals surface area (Å²) in [6, 6.07) is 21.3. The number of para-hydroxylation sites is 2. The number of aryl methyl sites for hydroxylation is 1. The Kier molecular flexibility index (Phi) is 9.19. The minimum absolute atomic E-state index is 0.0468. The first-order valence-electron chi connectivity index (χ1n) is 13.7. The number of alkyl halides is 3. The van der Waals surface area contributed by atoms with Crippen molar-refractivity contribution in [3.63, 3.8) is 0 Å². The van der Waals surface area contributed by atoms with Crippen molar-refractivity contribution < 1.29 is 27.4 Å². The fourth-order valence-corrected chi connectivity index (χ4v) is 4.75. The van der Waals surface area contributed by atoms with Crippen LogP contribution in [0.3, 0.4) is 0 Å². The minimum Gasteiger partial charge on any atom is -0.490 e. The van der Waals surface area contributed by atoms with E-state index in [4.69, 9.17) is 21.1 Å². The van der Waals surface area contributed by atoms with Gasteiger partial charge in [-0.25, -0.2) is 4.98 Å². The van der Waals surface area contributed by atoms with E-state index in [-0.39, 0.29) is 46.5 Å². The number of anilines is 1. The Morgan fingerprint density at radius 1 is 1.02 bits per heavy atom. The highest BCUT2D eigenvalue weighted by molar-refractivity contribution is 6.32. The van der Waals surface area contributed by atoms with Gasteiger partial charge < -0.3 is 14.8 Å². The van der Waals surface area contributed by atoms with Crippen molar-refractivity contribution >= 4 is 40.3 Å². The molecule has 45 heavy (non-hydrogen) atoms. The first kappa shape index (κ1) is 31.3. The van der Waals surface area contributed by atoms with E-state index in [1.807, 2.05) is 19.1 Å². The number of carbonyl (C=O) groups excluding carboxylic acids is 1. The second kappa shape index (κ2) is 13.2. The molecule has 0 aliphatic carbocycles. The lowest BCUT2D eigenvalue weighted by atomic mass is 10.1. The number of fused-ring (bicyclic) bond motifs is 1. The molecule has 5 rings (SSSR count). The smallest absolute Gasteiger partial charge is 0.416 e. The predicted octanol–water partition coefficient (Wildman–Crippen LogP) is 7.34. The van der Waals surface area contributed by atoms with Crippen molar-refractivity contribution in [1.29, 1.82) is 0 Å². The molecule has 0 fully saturated rings. The van der Waals surface area contributed by atoms with Gasteiger partial charge in [-0.1, -0.05) is 54.1 Å². The third kappa shape index (κ3) is 7.15. The number of ether oxygens (including phenoxy) is 2. The van der Waals surface area contributed by atoms with Gasteiger partial charge in [-0.15, -0.1) is 0 Å². The van der Waals surface area contributed by atoms with Crippen LogP contribution in [0.2, 0.25) is 5.02 Å². The fourth-order valence-electron chi connectivity index (χ4n) is 4.48. The molecule has 0 saturated heterocycles. The number of carbonyl (C=O) groups is 1. The molecule has 0 radical (unpaired) electrons. The van der Waals surface area contributed by atoms with Crippen LogP contribution in [0.4, 0.5) is 18.9 Å². The number of hydrogen-bond acceptors (Lipinski definition) is 6. The fraction of sp³-hybridized carbons (Fsp3) is 0.152. The van der Waals surface area contributed by atoms with Gasteiger partial charge in [0.2, 0.25) is 0 Å². The molecular weight excluding hydrogens is 609 g/mol. The van der Waals surface area contributed by atoms with E-state index in [0.29, 0.717) is 16.8 Å². The third-order valence-corrected chi connectivity index (χ3v) is 6.90. The van der Waals surface area contributed by atoms with E-state index >= 15 is 0 Å². The number of amides is 1. The molecule has 0 aliphatic rings. The lowest BCUT2D eigenvalue weighted by molar-refractivity contribution is -0.137. The van der Waals surface area contributed by atoms with Crippen molar-refractivity contribution in [3.8, 4) is 22.9 Å². The first-order valence-corrected chi connectivity index (χ1v) is 14.1. The summed E-state index contributed by atoms with van der Waals surface area (Å²) in [6.07, 6.45) is -3.29. The summed E-state index contributed by atoms with van der Waals surface area (Å²) in [5.41, 5.74) is 0.794. The van der Waals surface area contributed by atoms with Crippen LogP contribution in [0.15, 0.2) is 94.8 Å². The number of benzene rings is 4. The van der Waals surface area contributed by atoms with Crippen LogP contribution in [0.1, 0.15) is 23.6 Å². The third-order valence-electron chi connectivity index (χ3n) is 6.62. The highest BCUT2D eigenvalue weighted by Crippen LogP contribution is 2.37. The molecule has 8 nitrogen and oxygen atoms in total. The maximum Gasteiger partial charge on any atom is 0.416 e. The van der Waals surface area contributed by atoms with E-state index in [1.54, 1.807) is 49.4 Å². The Labute approximate surface area is 260 Å².